The summed E-state index contributed by atoms with van der Waals surface area (Å²) in [4.78, 5) is 14.7. The van der Waals surface area contributed by atoms with Crippen molar-refractivity contribution in [2.75, 3.05) is 13.2 Å². The van der Waals surface area contributed by atoms with Crippen molar-refractivity contribution in [3.63, 3.8) is 0 Å². The van der Waals surface area contributed by atoms with Gasteiger partial charge in [0.05, 0.1) is 5.56 Å². The topological polar surface area (TPSA) is 82.1 Å². The van der Waals surface area contributed by atoms with Gasteiger partial charge >= 0.3 is 0 Å². The van der Waals surface area contributed by atoms with Crippen LogP contribution in [0.1, 0.15) is 22.3 Å². The first-order chi connectivity index (χ1) is 11.7. The molecule has 24 heavy (non-hydrogen) atoms. The molecule has 0 saturated carbocycles. The van der Waals surface area contributed by atoms with Crippen molar-refractivity contribution < 1.29 is 9.90 Å². The minimum Gasteiger partial charge on any atom is -0.396 e. The minimum absolute atomic E-state index is 0.0213. The lowest BCUT2D eigenvalue weighted by Gasteiger charge is -2.23. The third-order valence-corrected chi connectivity index (χ3v) is 3.95. The van der Waals surface area contributed by atoms with Crippen LogP contribution in [0, 0.1) is 0 Å². The van der Waals surface area contributed by atoms with Gasteiger partial charge in [0.2, 0.25) is 0 Å². The summed E-state index contributed by atoms with van der Waals surface area (Å²) < 4.78 is 0. The number of rotatable bonds is 6. The van der Waals surface area contributed by atoms with Crippen LogP contribution in [0.3, 0.4) is 0 Å². The molecular weight excluding hydrogens is 328 g/mol. The Hall–Kier alpha value is -2.44. The van der Waals surface area contributed by atoms with E-state index in [9.17, 15) is 4.79 Å². The normalized spacial score (nSPS) is 10.9. The van der Waals surface area contributed by atoms with Crippen molar-refractivity contribution in [2.45, 2.75) is 13.0 Å². The van der Waals surface area contributed by atoms with E-state index in [1.54, 1.807) is 29.2 Å². The maximum atomic E-state index is 13.0. The number of fused-ring (bicyclic) bond motifs is 1. The van der Waals surface area contributed by atoms with Crippen LogP contribution in [0.4, 0.5) is 0 Å². The molecule has 0 unspecified atom stereocenters. The number of benzene rings is 2. The van der Waals surface area contributed by atoms with Crippen LogP contribution in [0.25, 0.3) is 11.0 Å². The van der Waals surface area contributed by atoms with E-state index in [4.69, 9.17) is 16.7 Å². The number of aliphatic hydroxyl groups is 1. The van der Waals surface area contributed by atoms with Crippen LogP contribution in [-0.2, 0) is 6.54 Å². The molecule has 124 valence electrons. The number of para-hydroxylation sites is 1. The molecule has 0 bridgehead atoms. The highest BCUT2D eigenvalue weighted by Gasteiger charge is 2.19. The number of H-pyrrole nitrogens is 1. The molecule has 0 radical (unpaired) electrons. The van der Waals surface area contributed by atoms with E-state index < -0.39 is 0 Å². The lowest BCUT2D eigenvalue weighted by molar-refractivity contribution is 0.0734. The average Bonchev–Trinajstić information content (AvgIpc) is 3.06. The molecule has 2 aromatic carbocycles. The lowest BCUT2D eigenvalue weighted by Crippen LogP contribution is -2.32. The van der Waals surface area contributed by atoms with Gasteiger partial charge in [-0.15, -0.1) is 0 Å². The molecule has 0 spiro atoms. The zero-order valence-corrected chi connectivity index (χ0v) is 13.7. The molecule has 1 amide bonds. The Morgan fingerprint density at radius 3 is 2.83 bits per heavy atom. The fourth-order valence-corrected chi connectivity index (χ4v) is 2.79. The molecular formula is C17H17ClN4O2. The second-order valence-corrected chi connectivity index (χ2v) is 5.87. The third-order valence-electron chi connectivity index (χ3n) is 3.71. The van der Waals surface area contributed by atoms with Gasteiger partial charge in [-0.05, 0) is 36.2 Å². The lowest BCUT2D eigenvalue weighted by atomic mass is 10.1. The van der Waals surface area contributed by atoms with Gasteiger partial charge in [0.1, 0.15) is 11.0 Å². The number of aromatic amines is 1. The number of halogens is 1. The summed E-state index contributed by atoms with van der Waals surface area (Å²) in [5.41, 5.74) is 2.61. The van der Waals surface area contributed by atoms with Crippen LogP contribution < -0.4 is 0 Å². The second kappa shape index (κ2) is 7.42. The molecule has 1 aromatic heterocycles. The molecule has 2 N–H and O–H groups in total. The number of amides is 1. The Morgan fingerprint density at radius 2 is 2.04 bits per heavy atom. The predicted molar refractivity (Wildman–Crippen MR) is 91.8 cm³/mol. The maximum Gasteiger partial charge on any atom is 0.256 e. The van der Waals surface area contributed by atoms with E-state index >= 15 is 0 Å². The van der Waals surface area contributed by atoms with E-state index in [-0.39, 0.29) is 12.5 Å². The Morgan fingerprint density at radius 1 is 1.21 bits per heavy atom. The van der Waals surface area contributed by atoms with Crippen molar-refractivity contribution in [2.24, 2.45) is 0 Å². The first-order valence-corrected chi connectivity index (χ1v) is 8.01. The highest BCUT2D eigenvalue weighted by atomic mass is 35.5. The first-order valence-electron chi connectivity index (χ1n) is 7.63. The molecule has 7 heteroatoms. The van der Waals surface area contributed by atoms with Crippen LogP contribution >= 0.6 is 11.6 Å². The minimum atomic E-state index is -0.150. The zero-order chi connectivity index (χ0) is 16.9. The van der Waals surface area contributed by atoms with E-state index in [0.29, 0.717) is 41.1 Å². The molecule has 0 aliphatic carbocycles. The molecule has 0 atom stereocenters. The van der Waals surface area contributed by atoms with Gasteiger partial charge in [-0.1, -0.05) is 29.8 Å². The first kappa shape index (κ1) is 16.4. The van der Waals surface area contributed by atoms with Crippen LogP contribution in [-0.4, -0.2) is 44.5 Å². The molecule has 0 aliphatic heterocycles. The number of hydrogen-bond acceptors (Lipinski definition) is 4. The van der Waals surface area contributed by atoms with Crippen molar-refractivity contribution in [3.8, 4) is 0 Å². The monoisotopic (exact) mass is 344 g/mol. The number of nitrogens with one attached hydrogen (secondary N) is 1. The van der Waals surface area contributed by atoms with Crippen LogP contribution in [0.2, 0.25) is 5.02 Å². The Labute approximate surface area is 144 Å². The number of carbonyl (C=O) groups excluding carboxylic acids is 1. The van der Waals surface area contributed by atoms with Gasteiger partial charge in [-0.25, -0.2) is 0 Å². The Balaban J connectivity index is 1.90. The Kier molecular flexibility index (Phi) is 5.08. The van der Waals surface area contributed by atoms with E-state index in [0.717, 1.165) is 5.56 Å². The summed E-state index contributed by atoms with van der Waals surface area (Å²) in [7, 11) is 0. The predicted octanol–water partition coefficient (Wildman–Crippen LogP) is 2.64. The smallest absolute Gasteiger partial charge is 0.256 e. The summed E-state index contributed by atoms with van der Waals surface area (Å²) in [6, 6.07) is 12.7. The summed E-state index contributed by atoms with van der Waals surface area (Å²) >= 11 is 6.03. The highest BCUT2D eigenvalue weighted by Crippen LogP contribution is 2.19. The summed E-state index contributed by atoms with van der Waals surface area (Å²) in [5.74, 6) is -0.150. The fourth-order valence-electron chi connectivity index (χ4n) is 2.58. The van der Waals surface area contributed by atoms with Crippen LogP contribution in [0.15, 0.2) is 42.5 Å². The fraction of sp³-hybridized carbons (Fsp3) is 0.235. The second-order valence-electron chi connectivity index (χ2n) is 5.43. The highest BCUT2D eigenvalue weighted by molar-refractivity contribution is 6.30. The summed E-state index contributed by atoms with van der Waals surface area (Å²) in [6.07, 6.45) is 0.501. The largest absolute Gasteiger partial charge is 0.396 e. The third kappa shape index (κ3) is 3.55. The quantitative estimate of drug-likeness (QED) is 0.720. The Bertz CT molecular complexity index is 849. The molecule has 6 nitrogen and oxygen atoms in total. The number of nitrogens with zero attached hydrogens (tertiary/aromatic N) is 3. The van der Waals surface area contributed by atoms with Gasteiger partial charge in [0.25, 0.3) is 5.91 Å². The molecule has 1 heterocycles. The molecule has 0 fully saturated rings. The molecule has 0 aliphatic rings. The van der Waals surface area contributed by atoms with Crippen molar-refractivity contribution >= 4 is 28.5 Å². The molecule has 0 saturated heterocycles. The number of aliphatic hydroxyl groups excluding tert-OH is 1. The molecule has 3 rings (SSSR count). The SMILES string of the molecule is O=C(c1cccc2n[nH]nc12)N(CCCO)Cc1cccc(Cl)c1. The van der Waals surface area contributed by atoms with Gasteiger partial charge in [0, 0.05) is 24.7 Å². The standard InChI is InChI=1S/C17H17ClN4O2/c18-13-5-1-4-12(10-13)11-22(8-3-9-23)17(24)14-6-2-7-15-16(14)20-21-19-15/h1-2,4-7,10,23H,3,8-9,11H2,(H,19,20,21). The van der Waals surface area contributed by atoms with E-state index in [2.05, 4.69) is 15.4 Å². The number of aromatic nitrogens is 3. The van der Waals surface area contributed by atoms with E-state index in [1.807, 2.05) is 18.2 Å². The summed E-state index contributed by atoms with van der Waals surface area (Å²) in [6.45, 7) is 0.872. The number of hydrogen-bond donors (Lipinski definition) is 2. The van der Waals surface area contributed by atoms with Gasteiger partial charge < -0.3 is 10.0 Å². The number of carbonyl (C=O) groups is 1. The van der Waals surface area contributed by atoms with Crippen molar-refractivity contribution in [1.29, 1.82) is 0 Å². The van der Waals surface area contributed by atoms with Crippen LogP contribution in [0.5, 0.6) is 0 Å². The van der Waals surface area contributed by atoms with Crippen molar-refractivity contribution in [1.82, 2.24) is 20.3 Å². The zero-order valence-electron chi connectivity index (χ0n) is 12.9. The maximum absolute atomic E-state index is 13.0. The van der Waals surface area contributed by atoms with Gasteiger partial charge in [-0.2, -0.15) is 15.4 Å². The van der Waals surface area contributed by atoms with E-state index in [1.165, 1.54) is 0 Å². The average molecular weight is 345 g/mol. The summed E-state index contributed by atoms with van der Waals surface area (Å²) in [5, 5.41) is 20.4. The van der Waals surface area contributed by atoms with Gasteiger partial charge in [-0.3, -0.25) is 4.79 Å². The van der Waals surface area contributed by atoms with Crippen molar-refractivity contribution in [3.05, 3.63) is 58.6 Å². The van der Waals surface area contributed by atoms with Gasteiger partial charge in [0.15, 0.2) is 0 Å². The molecule has 3 aromatic rings.